The third kappa shape index (κ3) is 4.07. The maximum atomic E-state index is 12.1. The van der Waals surface area contributed by atoms with Crippen LogP contribution in [0.25, 0.3) is 11.4 Å². The van der Waals surface area contributed by atoms with Crippen molar-refractivity contribution in [2.45, 2.75) is 6.54 Å². The highest BCUT2D eigenvalue weighted by Crippen LogP contribution is 2.29. The number of aromatic nitrogens is 4. The number of rotatable bonds is 5. The summed E-state index contributed by atoms with van der Waals surface area (Å²) in [6.07, 6.45) is 0. The van der Waals surface area contributed by atoms with Crippen LogP contribution in [0.4, 0.5) is 5.69 Å². The molecule has 0 aliphatic rings. The Labute approximate surface area is 153 Å². The molecule has 0 unspecified atom stereocenters. The van der Waals surface area contributed by atoms with Crippen molar-refractivity contribution in [3.05, 3.63) is 52.5 Å². The van der Waals surface area contributed by atoms with E-state index < -0.39 is 0 Å². The van der Waals surface area contributed by atoms with Crippen LogP contribution >= 0.6 is 23.2 Å². The molecule has 0 spiro atoms. The molecule has 9 heteroatoms. The van der Waals surface area contributed by atoms with E-state index >= 15 is 0 Å². The SMILES string of the molecule is COc1cccc(-c2nnn(CC(=O)Nc3cccc(Cl)c3Cl)n2)c1. The van der Waals surface area contributed by atoms with Gasteiger partial charge in [-0.05, 0) is 29.5 Å². The van der Waals surface area contributed by atoms with Crippen molar-refractivity contribution in [1.82, 2.24) is 20.2 Å². The number of amides is 1. The summed E-state index contributed by atoms with van der Waals surface area (Å²) in [5.41, 5.74) is 1.16. The molecule has 1 amide bonds. The second kappa shape index (κ2) is 7.50. The molecule has 1 N–H and O–H groups in total. The largest absolute Gasteiger partial charge is 0.497 e. The van der Waals surface area contributed by atoms with E-state index in [4.69, 9.17) is 27.9 Å². The predicted octanol–water partition coefficient (Wildman–Crippen LogP) is 3.29. The lowest BCUT2D eigenvalue weighted by atomic mass is 10.2. The highest BCUT2D eigenvalue weighted by atomic mass is 35.5. The number of halogens is 2. The number of hydrogen-bond donors (Lipinski definition) is 1. The van der Waals surface area contributed by atoms with E-state index in [0.717, 1.165) is 5.56 Å². The smallest absolute Gasteiger partial charge is 0.248 e. The van der Waals surface area contributed by atoms with E-state index in [9.17, 15) is 4.79 Å². The van der Waals surface area contributed by atoms with Gasteiger partial charge in [-0.2, -0.15) is 4.80 Å². The Balaban J connectivity index is 1.70. The summed E-state index contributed by atoms with van der Waals surface area (Å²) in [6, 6.07) is 12.2. The van der Waals surface area contributed by atoms with Crippen LogP contribution in [0.3, 0.4) is 0 Å². The molecule has 25 heavy (non-hydrogen) atoms. The molecule has 0 saturated heterocycles. The minimum absolute atomic E-state index is 0.111. The number of hydrogen-bond acceptors (Lipinski definition) is 5. The molecular weight excluding hydrogens is 365 g/mol. The zero-order valence-electron chi connectivity index (χ0n) is 13.1. The normalized spacial score (nSPS) is 10.5. The number of carbonyl (C=O) groups excluding carboxylic acids is 1. The van der Waals surface area contributed by atoms with Gasteiger partial charge in [0, 0.05) is 5.56 Å². The average Bonchev–Trinajstić information content (AvgIpc) is 3.07. The minimum Gasteiger partial charge on any atom is -0.497 e. The summed E-state index contributed by atoms with van der Waals surface area (Å²) >= 11 is 12.0. The Bertz CT molecular complexity index is 913. The van der Waals surface area contributed by atoms with Gasteiger partial charge in [0.05, 0.1) is 22.8 Å². The van der Waals surface area contributed by atoms with Gasteiger partial charge in [0.15, 0.2) is 0 Å². The molecule has 7 nitrogen and oxygen atoms in total. The summed E-state index contributed by atoms with van der Waals surface area (Å²) in [5, 5.41) is 15.3. The van der Waals surface area contributed by atoms with Crippen molar-refractivity contribution < 1.29 is 9.53 Å². The molecule has 0 saturated carbocycles. The topological polar surface area (TPSA) is 81.9 Å². The van der Waals surface area contributed by atoms with Crippen molar-refractivity contribution in [2.75, 3.05) is 12.4 Å². The Kier molecular flexibility index (Phi) is 5.16. The number of benzene rings is 2. The molecule has 1 heterocycles. The molecule has 0 bridgehead atoms. The summed E-state index contributed by atoms with van der Waals surface area (Å²) in [6.45, 7) is -0.111. The van der Waals surface area contributed by atoms with Crippen molar-refractivity contribution in [2.24, 2.45) is 0 Å². The Morgan fingerprint density at radius 2 is 2.04 bits per heavy atom. The van der Waals surface area contributed by atoms with Gasteiger partial charge < -0.3 is 10.1 Å². The number of tetrazole rings is 1. The first-order valence-electron chi connectivity index (χ1n) is 7.23. The molecule has 3 aromatic rings. The highest BCUT2D eigenvalue weighted by Gasteiger charge is 2.12. The lowest BCUT2D eigenvalue weighted by Gasteiger charge is -2.07. The summed E-state index contributed by atoms with van der Waals surface area (Å²) < 4.78 is 5.16. The van der Waals surface area contributed by atoms with Crippen LogP contribution in [0, 0.1) is 0 Å². The summed E-state index contributed by atoms with van der Waals surface area (Å²) in [5.74, 6) is 0.730. The number of anilines is 1. The van der Waals surface area contributed by atoms with E-state index in [-0.39, 0.29) is 17.5 Å². The van der Waals surface area contributed by atoms with Crippen LogP contribution in [0.15, 0.2) is 42.5 Å². The lowest BCUT2D eigenvalue weighted by Crippen LogP contribution is -2.20. The standard InChI is InChI=1S/C16H13Cl2N5O2/c1-25-11-5-2-4-10(8-11)16-20-22-23(21-16)9-14(24)19-13-7-3-6-12(17)15(13)18/h2-8H,9H2,1H3,(H,19,24). The molecule has 1 aromatic heterocycles. The first-order valence-corrected chi connectivity index (χ1v) is 7.98. The molecule has 0 fully saturated rings. The lowest BCUT2D eigenvalue weighted by molar-refractivity contribution is -0.117. The molecule has 128 valence electrons. The maximum Gasteiger partial charge on any atom is 0.248 e. The van der Waals surface area contributed by atoms with E-state index in [1.165, 1.54) is 4.80 Å². The van der Waals surface area contributed by atoms with Crippen LogP contribution in [0.5, 0.6) is 5.75 Å². The summed E-state index contributed by atoms with van der Waals surface area (Å²) in [7, 11) is 1.58. The van der Waals surface area contributed by atoms with Crippen molar-refractivity contribution in [3.8, 4) is 17.1 Å². The van der Waals surface area contributed by atoms with Crippen LogP contribution in [-0.4, -0.2) is 33.2 Å². The molecule has 0 radical (unpaired) electrons. The first kappa shape index (κ1) is 17.2. The molecule has 0 aliphatic heterocycles. The van der Waals surface area contributed by atoms with Gasteiger partial charge in [0.1, 0.15) is 12.3 Å². The van der Waals surface area contributed by atoms with Crippen molar-refractivity contribution >= 4 is 34.8 Å². The number of carbonyl (C=O) groups is 1. The minimum atomic E-state index is -0.348. The van der Waals surface area contributed by atoms with Gasteiger partial charge in [-0.1, -0.05) is 41.4 Å². The van der Waals surface area contributed by atoms with Crippen LogP contribution in [0.1, 0.15) is 0 Å². The third-order valence-electron chi connectivity index (χ3n) is 3.29. The van der Waals surface area contributed by atoms with Gasteiger partial charge in [-0.15, -0.1) is 10.2 Å². The van der Waals surface area contributed by atoms with E-state index in [0.29, 0.717) is 22.3 Å². The molecular formula is C16H13Cl2N5O2. The Morgan fingerprint density at radius 3 is 2.84 bits per heavy atom. The average molecular weight is 378 g/mol. The fraction of sp³-hybridized carbons (Fsp3) is 0.125. The second-order valence-electron chi connectivity index (χ2n) is 5.02. The highest BCUT2D eigenvalue weighted by molar-refractivity contribution is 6.43. The third-order valence-corrected chi connectivity index (χ3v) is 4.11. The molecule has 0 atom stereocenters. The fourth-order valence-electron chi connectivity index (χ4n) is 2.11. The number of nitrogens with one attached hydrogen (secondary N) is 1. The first-order chi connectivity index (χ1) is 12.1. The van der Waals surface area contributed by atoms with Gasteiger partial charge in [-0.3, -0.25) is 4.79 Å². The van der Waals surface area contributed by atoms with Crippen molar-refractivity contribution in [1.29, 1.82) is 0 Å². The molecule has 3 rings (SSSR count). The Morgan fingerprint density at radius 1 is 1.24 bits per heavy atom. The zero-order chi connectivity index (χ0) is 17.8. The fourth-order valence-corrected chi connectivity index (χ4v) is 2.45. The van der Waals surface area contributed by atoms with Gasteiger partial charge in [0.25, 0.3) is 0 Å². The van der Waals surface area contributed by atoms with E-state index in [1.807, 2.05) is 18.2 Å². The molecule has 0 aliphatic carbocycles. The van der Waals surface area contributed by atoms with Gasteiger partial charge in [-0.25, -0.2) is 0 Å². The second-order valence-corrected chi connectivity index (χ2v) is 5.81. The number of methoxy groups -OCH3 is 1. The van der Waals surface area contributed by atoms with Gasteiger partial charge in [0.2, 0.25) is 11.7 Å². The van der Waals surface area contributed by atoms with Crippen LogP contribution in [-0.2, 0) is 11.3 Å². The quantitative estimate of drug-likeness (QED) is 0.737. The zero-order valence-corrected chi connectivity index (χ0v) is 14.6. The predicted molar refractivity (Wildman–Crippen MR) is 94.9 cm³/mol. The van der Waals surface area contributed by atoms with Crippen LogP contribution < -0.4 is 10.1 Å². The van der Waals surface area contributed by atoms with Crippen molar-refractivity contribution in [3.63, 3.8) is 0 Å². The van der Waals surface area contributed by atoms with E-state index in [2.05, 4.69) is 20.7 Å². The monoisotopic (exact) mass is 377 g/mol. The Hall–Kier alpha value is -2.64. The number of nitrogens with zero attached hydrogens (tertiary/aromatic N) is 4. The van der Waals surface area contributed by atoms with Gasteiger partial charge >= 0.3 is 0 Å². The maximum absolute atomic E-state index is 12.1. The van der Waals surface area contributed by atoms with E-state index in [1.54, 1.807) is 31.4 Å². The van der Waals surface area contributed by atoms with Crippen LogP contribution in [0.2, 0.25) is 10.0 Å². The molecule has 2 aromatic carbocycles. The summed E-state index contributed by atoms with van der Waals surface area (Å²) in [4.78, 5) is 13.3. The number of ether oxygens (including phenoxy) is 1.